The van der Waals surface area contributed by atoms with E-state index in [0.29, 0.717) is 13.2 Å². The van der Waals surface area contributed by atoms with Crippen molar-refractivity contribution in [1.82, 2.24) is 4.90 Å². The summed E-state index contributed by atoms with van der Waals surface area (Å²) in [5.74, 6) is 0.852. The molecule has 1 heterocycles. The molecule has 104 valence electrons. The minimum Gasteiger partial charge on any atom is -0.465 e. The van der Waals surface area contributed by atoms with Crippen LogP contribution in [0.1, 0.15) is 39.5 Å². The Labute approximate surface area is 113 Å². The van der Waals surface area contributed by atoms with E-state index in [4.69, 9.17) is 4.74 Å². The molecule has 0 aromatic heterocycles. The molecule has 1 rings (SSSR count). The molecule has 1 aliphatic heterocycles. The Morgan fingerprint density at radius 1 is 1.33 bits per heavy atom. The number of rotatable bonds is 6. The Morgan fingerprint density at radius 2 is 2.11 bits per heavy atom. The van der Waals surface area contributed by atoms with Gasteiger partial charge in [0.1, 0.15) is 6.54 Å². The van der Waals surface area contributed by atoms with Gasteiger partial charge in [-0.3, -0.25) is 9.59 Å². The molecule has 0 aromatic rings. The van der Waals surface area contributed by atoms with Crippen LogP contribution in [0.15, 0.2) is 0 Å². The number of esters is 1. The molecule has 1 aliphatic rings. The molecule has 0 radical (unpaired) electrons. The van der Waals surface area contributed by atoms with E-state index in [9.17, 15) is 9.59 Å². The maximum Gasteiger partial charge on any atom is 0.325 e. The van der Waals surface area contributed by atoms with Crippen molar-refractivity contribution >= 4 is 23.6 Å². The molecule has 1 unspecified atom stereocenters. The molecule has 0 spiro atoms. The quantitative estimate of drug-likeness (QED) is 0.695. The standard InChI is InChI=1S/C13H23NO3S/c1-3-8-14(10-12(15)17-4-2)13(16)11-7-5-6-9-18-11/h11H,3-10H2,1-2H3. The number of amides is 1. The van der Waals surface area contributed by atoms with Gasteiger partial charge in [0.25, 0.3) is 0 Å². The van der Waals surface area contributed by atoms with Gasteiger partial charge in [-0.2, -0.15) is 0 Å². The lowest BCUT2D eigenvalue weighted by Crippen LogP contribution is -2.42. The van der Waals surface area contributed by atoms with Gasteiger partial charge in [0.2, 0.25) is 5.91 Å². The molecule has 0 aromatic carbocycles. The van der Waals surface area contributed by atoms with Gasteiger partial charge in [-0.1, -0.05) is 13.3 Å². The molecule has 1 amide bonds. The van der Waals surface area contributed by atoms with E-state index in [1.165, 1.54) is 6.42 Å². The fraction of sp³-hybridized carbons (Fsp3) is 0.846. The smallest absolute Gasteiger partial charge is 0.325 e. The lowest BCUT2D eigenvalue weighted by molar-refractivity contribution is -0.148. The normalized spacial score (nSPS) is 19.3. The molecule has 5 heteroatoms. The monoisotopic (exact) mass is 273 g/mol. The number of ether oxygens (including phenoxy) is 1. The Morgan fingerprint density at radius 3 is 2.67 bits per heavy atom. The Hall–Kier alpha value is -0.710. The third kappa shape index (κ3) is 4.88. The average Bonchev–Trinajstić information content (AvgIpc) is 2.39. The lowest BCUT2D eigenvalue weighted by Gasteiger charge is -2.28. The van der Waals surface area contributed by atoms with Gasteiger partial charge in [-0.15, -0.1) is 11.8 Å². The van der Waals surface area contributed by atoms with E-state index >= 15 is 0 Å². The van der Waals surface area contributed by atoms with Crippen LogP contribution < -0.4 is 0 Å². The number of carbonyl (C=O) groups is 2. The highest BCUT2D eigenvalue weighted by atomic mass is 32.2. The fourth-order valence-corrected chi connectivity index (χ4v) is 3.32. The minimum absolute atomic E-state index is 0.0414. The molecule has 4 nitrogen and oxygen atoms in total. The largest absolute Gasteiger partial charge is 0.465 e. The molecular weight excluding hydrogens is 250 g/mol. The van der Waals surface area contributed by atoms with Gasteiger partial charge in [-0.05, 0) is 31.9 Å². The first-order valence-corrected chi connectivity index (χ1v) is 7.79. The van der Waals surface area contributed by atoms with Crippen molar-refractivity contribution in [1.29, 1.82) is 0 Å². The SMILES string of the molecule is CCCN(CC(=O)OCC)C(=O)C1CCCCS1. The van der Waals surface area contributed by atoms with Crippen LogP contribution in [0.3, 0.4) is 0 Å². The van der Waals surface area contributed by atoms with Crippen molar-refractivity contribution in [2.45, 2.75) is 44.8 Å². The van der Waals surface area contributed by atoms with E-state index in [0.717, 1.165) is 25.0 Å². The maximum atomic E-state index is 12.3. The highest BCUT2D eigenvalue weighted by Crippen LogP contribution is 2.26. The van der Waals surface area contributed by atoms with E-state index in [2.05, 4.69) is 0 Å². The van der Waals surface area contributed by atoms with Gasteiger partial charge in [-0.25, -0.2) is 0 Å². The Balaban J connectivity index is 2.53. The second-order valence-electron chi connectivity index (χ2n) is 4.42. The summed E-state index contributed by atoms with van der Waals surface area (Å²) < 4.78 is 4.92. The first-order chi connectivity index (χ1) is 8.69. The zero-order valence-electron chi connectivity index (χ0n) is 11.3. The third-order valence-corrected chi connectivity index (χ3v) is 4.25. The Kier molecular flexibility index (Phi) is 7.16. The molecule has 1 atom stereocenters. The van der Waals surface area contributed by atoms with E-state index in [1.54, 1.807) is 23.6 Å². The van der Waals surface area contributed by atoms with Crippen LogP contribution in [0.5, 0.6) is 0 Å². The summed E-state index contributed by atoms with van der Waals surface area (Å²) in [7, 11) is 0. The Bertz CT molecular complexity index is 277. The molecule has 1 saturated heterocycles. The lowest BCUT2D eigenvalue weighted by atomic mass is 10.1. The molecule has 0 N–H and O–H groups in total. The van der Waals surface area contributed by atoms with Crippen LogP contribution in [-0.2, 0) is 14.3 Å². The van der Waals surface area contributed by atoms with Crippen LogP contribution in [0.25, 0.3) is 0 Å². The van der Waals surface area contributed by atoms with Crippen LogP contribution in [0.2, 0.25) is 0 Å². The highest BCUT2D eigenvalue weighted by Gasteiger charge is 2.27. The third-order valence-electron chi connectivity index (χ3n) is 2.89. The van der Waals surface area contributed by atoms with Crippen molar-refractivity contribution in [2.24, 2.45) is 0 Å². The van der Waals surface area contributed by atoms with E-state index < -0.39 is 0 Å². The topological polar surface area (TPSA) is 46.6 Å². The van der Waals surface area contributed by atoms with Crippen molar-refractivity contribution < 1.29 is 14.3 Å². The second kappa shape index (κ2) is 8.40. The molecule has 1 fully saturated rings. The minimum atomic E-state index is -0.305. The molecule has 18 heavy (non-hydrogen) atoms. The number of carbonyl (C=O) groups excluding carboxylic acids is 2. The van der Waals surface area contributed by atoms with Crippen molar-refractivity contribution in [3.63, 3.8) is 0 Å². The van der Waals surface area contributed by atoms with Gasteiger partial charge in [0, 0.05) is 6.54 Å². The van der Waals surface area contributed by atoms with E-state index in [-0.39, 0.29) is 23.7 Å². The van der Waals surface area contributed by atoms with Crippen molar-refractivity contribution in [2.75, 3.05) is 25.4 Å². The summed E-state index contributed by atoms with van der Waals surface area (Å²) in [5, 5.41) is 0.0414. The second-order valence-corrected chi connectivity index (χ2v) is 5.73. The maximum absolute atomic E-state index is 12.3. The fourth-order valence-electron chi connectivity index (χ4n) is 2.04. The number of hydrogen-bond donors (Lipinski definition) is 0. The van der Waals surface area contributed by atoms with Crippen LogP contribution in [0.4, 0.5) is 0 Å². The molecular formula is C13H23NO3S. The van der Waals surface area contributed by atoms with E-state index in [1.807, 2.05) is 6.92 Å². The summed E-state index contributed by atoms with van der Waals surface area (Å²) in [6.07, 6.45) is 4.11. The zero-order valence-corrected chi connectivity index (χ0v) is 12.1. The zero-order chi connectivity index (χ0) is 13.4. The average molecular weight is 273 g/mol. The number of hydrogen-bond acceptors (Lipinski definition) is 4. The van der Waals surface area contributed by atoms with Gasteiger partial charge < -0.3 is 9.64 Å². The van der Waals surface area contributed by atoms with Crippen molar-refractivity contribution in [3.8, 4) is 0 Å². The van der Waals surface area contributed by atoms with Crippen LogP contribution >= 0.6 is 11.8 Å². The summed E-state index contributed by atoms with van der Waals surface area (Å²) >= 11 is 1.72. The predicted octanol–water partition coefficient (Wildman–Crippen LogP) is 2.07. The molecule has 0 bridgehead atoms. The first-order valence-electron chi connectivity index (χ1n) is 6.75. The molecule has 0 saturated carbocycles. The van der Waals surface area contributed by atoms with Gasteiger partial charge >= 0.3 is 5.97 Å². The van der Waals surface area contributed by atoms with Crippen molar-refractivity contribution in [3.05, 3.63) is 0 Å². The van der Waals surface area contributed by atoms with Gasteiger partial charge in [0.15, 0.2) is 0 Å². The predicted molar refractivity (Wildman–Crippen MR) is 73.6 cm³/mol. The first kappa shape index (κ1) is 15.3. The van der Waals surface area contributed by atoms with Gasteiger partial charge in [0.05, 0.1) is 11.9 Å². The summed E-state index contributed by atoms with van der Waals surface area (Å²) in [6, 6.07) is 0. The summed E-state index contributed by atoms with van der Waals surface area (Å²) in [6.45, 7) is 4.89. The molecule has 0 aliphatic carbocycles. The summed E-state index contributed by atoms with van der Waals surface area (Å²) in [5.41, 5.74) is 0. The number of thioether (sulfide) groups is 1. The van der Waals surface area contributed by atoms with Crippen LogP contribution in [0, 0.1) is 0 Å². The number of nitrogens with zero attached hydrogens (tertiary/aromatic N) is 1. The highest BCUT2D eigenvalue weighted by molar-refractivity contribution is 8.00. The van der Waals surface area contributed by atoms with Crippen LogP contribution in [-0.4, -0.2) is 47.5 Å². The summed E-state index contributed by atoms with van der Waals surface area (Å²) in [4.78, 5) is 25.5.